The summed E-state index contributed by atoms with van der Waals surface area (Å²) in [7, 11) is 0. The van der Waals surface area contributed by atoms with Crippen molar-refractivity contribution < 1.29 is 14.3 Å². The molecular formula is C20H11BrClNO3. The van der Waals surface area contributed by atoms with Gasteiger partial charge in [0.1, 0.15) is 11.5 Å². The Morgan fingerprint density at radius 3 is 2.42 bits per heavy atom. The van der Waals surface area contributed by atoms with Gasteiger partial charge in [-0.15, -0.1) is 0 Å². The number of aromatic carboxylic acids is 1. The van der Waals surface area contributed by atoms with Crippen molar-refractivity contribution in [3.63, 3.8) is 0 Å². The molecule has 1 heterocycles. The number of carbonyl (C=O) groups is 1. The van der Waals surface area contributed by atoms with Crippen LogP contribution in [0.2, 0.25) is 5.02 Å². The van der Waals surface area contributed by atoms with Crippen molar-refractivity contribution in [2.75, 3.05) is 0 Å². The van der Waals surface area contributed by atoms with Crippen molar-refractivity contribution in [3.05, 3.63) is 81.0 Å². The minimum atomic E-state index is -1.01. The van der Waals surface area contributed by atoms with Gasteiger partial charge in [0.25, 0.3) is 0 Å². The Labute approximate surface area is 163 Å². The van der Waals surface area contributed by atoms with E-state index in [1.54, 1.807) is 36.4 Å². The maximum Gasteiger partial charge on any atom is 0.335 e. The SMILES string of the molecule is N#C/C(=C/c1ccc(-c2ccc(Br)c(Cl)c2)o1)c1ccc(C(=O)O)cc1. The molecule has 0 fully saturated rings. The maximum atomic E-state index is 10.9. The van der Waals surface area contributed by atoms with Crippen molar-refractivity contribution >= 4 is 45.1 Å². The normalized spacial score (nSPS) is 11.2. The van der Waals surface area contributed by atoms with E-state index in [-0.39, 0.29) is 5.56 Å². The highest BCUT2D eigenvalue weighted by atomic mass is 79.9. The van der Waals surface area contributed by atoms with Crippen LogP contribution in [0.3, 0.4) is 0 Å². The van der Waals surface area contributed by atoms with Gasteiger partial charge < -0.3 is 9.52 Å². The summed E-state index contributed by atoms with van der Waals surface area (Å²) >= 11 is 9.45. The molecule has 0 aliphatic carbocycles. The molecule has 26 heavy (non-hydrogen) atoms. The Morgan fingerprint density at radius 2 is 1.81 bits per heavy atom. The van der Waals surface area contributed by atoms with E-state index in [0.29, 0.717) is 27.7 Å². The van der Waals surface area contributed by atoms with Gasteiger partial charge in [0.05, 0.1) is 22.2 Å². The first kappa shape index (κ1) is 18.0. The second-order valence-electron chi connectivity index (χ2n) is 5.38. The second kappa shape index (κ2) is 7.61. The van der Waals surface area contributed by atoms with Crippen LogP contribution < -0.4 is 0 Å². The molecule has 0 bridgehead atoms. The Balaban J connectivity index is 1.91. The number of halogens is 2. The minimum Gasteiger partial charge on any atom is -0.478 e. The van der Waals surface area contributed by atoms with Crippen LogP contribution in [0.25, 0.3) is 23.0 Å². The van der Waals surface area contributed by atoms with Gasteiger partial charge in [-0.05, 0) is 64.0 Å². The van der Waals surface area contributed by atoms with Crippen LogP contribution in [-0.4, -0.2) is 11.1 Å². The quantitative estimate of drug-likeness (QED) is 0.508. The Hall–Kier alpha value is -2.81. The molecule has 0 spiro atoms. The number of carboxylic acids is 1. The van der Waals surface area contributed by atoms with Crippen LogP contribution in [0.15, 0.2) is 63.5 Å². The average molecular weight is 429 g/mol. The fraction of sp³-hybridized carbons (Fsp3) is 0. The Kier molecular flexibility index (Phi) is 5.27. The van der Waals surface area contributed by atoms with E-state index in [9.17, 15) is 10.1 Å². The highest BCUT2D eigenvalue weighted by Gasteiger charge is 2.09. The lowest BCUT2D eigenvalue weighted by molar-refractivity contribution is 0.0697. The highest BCUT2D eigenvalue weighted by Crippen LogP contribution is 2.30. The molecule has 3 rings (SSSR count). The van der Waals surface area contributed by atoms with E-state index in [1.807, 2.05) is 12.1 Å². The molecule has 1 aromatic heterocycles. The van der Waals surface area contributed by atoms with Crippen molar-refractivity contribution in [2.45, 2.75) is 0 Å². The molecule has 0 unspecified atom stereocenters. The molecule has 128 valence electrons. The topological polar surface area (TPSA) is 74.2 Å². The molecule has 0 atom stereocenters. The monoisotopic (exact) mass is 427 g/mol. The zero-order valence-corrected chi connectivity index (χ0v) is 15.6. The lowest BCUT2D eigenvalue weighted by Crippen LogP contribution is -1.95. The molecule has 0 aliphatic heterocycles. The molecule has 0 radical (unpaired) electrons. The van der Waals surface area contributed by atoms with E-state index >= 15 is 0 Å². The second-order valence-corrected chi connectivity index (χ2v) is 6.64. The predicted octanol–water partition coefficient (Wildman–Crippen LogP) is 6.12. The first-order valence-corrected chi connectivity index (χ1v) is 8.66. The fourth-order valence-electron chi connectivity index (χ4n) is 2.35. The van der Waals surface area contributed by atoms with Crippen LogP contribution in [0, 0.1) is 11.3 Å². The van der Waals surface area contributed by atoms with Gasteiger partial charge in [0.15, 0.2) is 0 Å². The van der Waals surface area contributed by atoms with Crippen LogP contribution in [-0.2, 0) is 0 Å². The summed E-state index contributed by atoms with van der Waals surface area (Å²) < 4.78 is 6.58. The summed E-state index contributed by atoms with van der Waals surface area (Å²) in [6.45, 7) is 0. The Bertz CT molecular complexity index is 1050. The third kappa shape index (κ3) is 3.88. The fourth-order valence-corrected chi connectivity index (χ4v) is 2.78. The van der Waals surface area contributed by atoms with Crippen LogP contribution in [0.1, 0.15) is 21.7 Å². The van der Waals surface area contributed by atoms with Gasteiger partial charge in [-0.2, -0.15) is 5.26 Å². The number of hydrogen-bond acceptors (Lipinski definition) is 3. The molecule has 2 aromatic carbocycles. The molecule has 0 aliphatic rings. The van der Waals surface area contributed by atoms with Gasteiger partial charge in [-0.3, -0.25) is 0 Å². The van der Waals surface area contributed by atoms with E-state index in [1.165, 1.54) is 12.1 Å². The minimum absolute atomic E-state index is 0.165. The van der Waals surface area contributed by atoms with Crippen LogP contribution >= 0.6 is 27.5 Å². The Morgan fingerprint density at radius 1 is 1.12 bits per heavy atom. The molecule has 0 saturated heterocycles. The third-order valence-electron chi connectivity index (χ3n) is 3.68. The molecule has 1 N–H and O–H groups in total. The van der Waals surface area contributed by atoms with Crippen molar-refractivity contribution in [1.82, 2.24) is 0 Å². The molecule has 0 amide bonds. The predicted molar refractivity (Wildman–Crippen MR) is 104 cm³/mol. The lowest BCUT2D eigenvalue weighted by Gasteiger charge is -2.01. The standard InChI is InChI=1S/C20H11BrClNO3/c21-17-7-5-14(10-18(17)22)19-8-6-16(26-19)9-15(11-23)12-1-3-13(4-2-12)20(24)25/h1-10H,(H,24,25)/b15-9-. The van der Waals surface area contributed by atoms with Gasteiger partial charge in [0, 0.05) is 10.0 Å². The molecule has 4 nitrogen and oxygen atoms in total. The first-order valence-electron chi connectivity index (χ1n) is 7.48. The number of carboxylic acid groups (broad SMARTS) is 1. The number of nitriles is 1. The smallest absolute Gasteiger partial charge is 0.335 e. The zero-order valence-electron chi connectivity index (χ0n) is 13.2. The molecule has 0 saturated carbocycles. The summed E-state index contributed by atoms with van der Waals surface area (Å²) in [5.41, 5.74) is 1.97. The van der Waals surface area contributed by atoms with Crippen molar-refractivity contribution in [2.24, 2.45) is 0 Å². The van der Waals surface area contributed by atoms with E-state index in [4.69, 9.17) is 21.1 Å². The van der Waals surface area contributed by atoms with E-state index in [2.05, 4.69) is 22.0 Å². The largest absolute Gasteiger partial charge is 0.478 e. The number of allylic oxidation sites excluding steroid dienone is 1. The lowest BCUT2D eigenvalue weighted by atomic mass is 10.0. The van der Waals surface area contributed by atoms with Crippen LogP contribution in [0.4, 0.5) is 0 Å². The average Bonchev–Trinajstić information content (AvgIpc) is 3.10. The van der Waals surface area contributed by atoms with Crippen LogP contribution in [0.5, 0.6) is 0 Å². The number of rotatable bonds is 4. The van der Waals surface area contributed by atoms with Gasteiger partial charge in [-0.25, -0.2) is 4.79 Å². The number of benzene rings is 2. The molecule has 6 heteroatoms. The summed E-state index contributed by atoms with van der Waals surface area (Å²) in [6, 6.07) is 17.3. The maximum absolute atomic E-state index is 10.9. The summed E-state index contributed by atoms with van der Waals surface area (Å²) in [5.74, 6) is 0.130. The van der Waals surface area contributed by atoms with Crippen molar-refractivity contribution in [3.8, 4) is 17.4 Å². The van der Waals surface area contributed by atoms with Gasteiger partial charge in [0.2, 0.25) is 0 Å². The summed E-state index contributed by atoms with van der Waals surface area (Å²) in [6.07, 6.45) is 1.61. The van der Waals surface area contributed by atoms with Gasteiger partial charge >= 0.3 is 5.97 Å². The molecular weight excluding hydrogens is 418 g/mol. The number of furan rings is 1. The van der Waals surface area contributed by atoms with Crippen molar-refractivity contribution in [1.29, 1.82) is 5.26 Å². The van der Waals surface area contributed by atoms with Gasteiger partial charge in [-0.1, -0.05) is 29.8 Å². The third-order valence-corrected chi connectivity index (χ3v) is 4.91. The highest BCUT2D eigenvalue weighted by molar-refractivity contribution is 9.10. The van der Waals surface area contributed by atoms with E-state index in [0.717, 1.165) is 10.0 Å². The van der Waals surface area contributed by atoms with E-state index < -0.39 is 5.97 Å². The summed E-state index contributed by atoms with van der Waals surface area (Å²) in [4.78, 5) is 10.9. The summed E-state index contributed by atoms with van der Waals surface area (Å²) in [5, 5.41) is 18.9. The number of hydrogen-bond donors (Lipinski definition) is 1. The first-order chi connectivity index (χ1) is 12.5. The number of nitrogens with zero attached hydrogens (tertiary/aromatic N) is 1. The molecule has 3 aromatic rings. The zero-order chi connectivity index (χ0) is 18.7.